The quantitative estimate of drug-likeness (QED) is 0.747. The molecule has 112 valence electrons. The third-order valence-corrected chi connectivity index (χ3v) is 6.08. The predicted octanol–water partition coefficient (Wildman–Crippen LogP) is 0.658. The zero-order valence-corrected chi connectivity index (χ0v) is 12.6. The molecule has 0 aromatic carbocycles. The first-order chi connectivity index (χ1) is 9.09. The molecular weight excluding hydrogens is 268 g/mol. The van der Waals surface area contributed by atoms with E-state index in [1.54, 1.807) is 4.31 Å². The van der Waals surface area contributed by atoms with Crippen molar-refractivity contribution in [2.24, 2.45) is 5.92 Å². The summed E-state index contributed by atoms with van der Waals surface area (Å²) in [5, 5.41) is 0. The van der Waals surface area contributed by atoms with Crippen molar-refractivity contribution in [3.63, 3.8) is 0 Å². The van der Waals surface area contributed by atoms with E-state index < -0.39 is 10.2 Å². The van der Waals surface area contributed by atoms with Crippen molar-refractivity contribution in [2.75, 3.05) is 39.4 Å². The van der Waals surface area contributed by atoms with E-state index >= 15 is 0 Å². The van der Waals surface area contributed by atoms with Crippen molar-refractivity contribution in [1.29, 1.82) is 0 Å². The van der Waals surface area contributed by atoms with Crippen LogP contribution in [0.1, 0.15) is 26.7 Å². The maximum atomic E-state index is 12.4. The summed E-state index contributed by atoms with van der Waals surface area (Å²) in [6.45, 7) is 7.22. The molecule has 2 fully saturated rings. The highest BCUT2D eigenvalue weighted by Gasteiger charge is 2.35. The summed E-state index contributed by atoms with van der Waals surface area (Å²) in [7, 11) is -3.29. The Hall–Kier alpha value is -0.210. The van der Waals surface area contributed by atoms with Crippen LogP contribution < -0.4 is 0 Å². The van der Waals surface area contributed by atoms with Gasteiger partial charge in [0.2, 0.25) is 0 Å². The predicted molar refractivity (Wildman–Crippen MR) is 71.8 cm³/mol. The van der Waals surface area contributed by atoms with Crippen LogP contribution in [-0.4, -0.2) is 62.7 Å². The van der Waals surface area contributed by atoms with Gasteiger partial charge < -0.3 is 9.47 Å². The van der Waals surface area contributed by atoms with E-state index in [2.05, 4.69) is 0 Å². The van der Waals surface area contributed by atoms with E-state index in [1.807, 2.05) is 13.8 Å². The molecule has 0 bridgehead atoms. The number of rotatable bonds is 5. The minimum Gasteiger partial charge on any atom is -0.350 e. The zero-order valence-electron chi connectivity index (χ0n) is 11.7. The van der Waals surface area contributed by atoms with Crippen molar-refractivity contribution in [1.82, 2.24) is 8.61 Å². The van der Waals surface area contributed by atoms with Gasteiger partial charge >= 0.3 is 0 Å². The van der Waals surface area contributed by atoms with E-state index in [9.17, 15) is 8.42 Å². The molecule has 0 aromatic rings. The maximum Gasteiger partial charge on any atom is 0.281 e. The number of ether oxygens (including phenoxy) is 2. The summed E-state index contributed by atoms with van der Waals surface area (Å²) in [5.41, 5.74) is 0. The van der Waals surface area contributed by atoms with E-state index in [-0.39, 0.29) is 6.29 Å². The van der Waals surface area contributed by atoms with E-state index in [0.717, 1.165) is 12.8 Å². The summed E-state index contributed by atoms with van der Waals surface area (Å²) in [5.74, 6) is 0.325. The van der Waals surface area contributed by atoms with Crippen LogP contribution in [0.4, 0.5) is 0 Å². The van der Waals surface area contributed by atoms with E-state index in [4.69, 9.17) is 9.47 Å². The minimum absolute atomic E-state index is 0.127. The van der Waals surface area contributed by atoms with Gasteiger partial charge in [-0.15, -0.1) is 0 Å². The van der Waals surface area contributed by atoms with Gasteiger partial charge in [0.05, 0.1) is 13.2 Å². The molecule has 2 heterocycles. The molecule has 2 saturated heterocycles. The Labute approximate surface area is 115 Å². The molecule has 2 rings (SSSR count). The van der Waals surface area contributed by atoms with Crippen molar-refractivity contribution in [3.05, 3.63) is 0 Å². The summed E-state index contributed by atoms with van der Waals surface area (Å²) < 4.78 is 38.8. The molecule has 0 atom stereocenters. The van der Waals surface area contributed by atoms with Crippen LogP contribution in [0.5, 0.6) is 0 Å². The number of hydrogen-bond acceptors (Lipinski definition) is 4. The minimum atomic E-state index is -3.29. The van der Waals surface area contributed by atoms with Gasteiger partial charge in [-0.2, -0.15) is 17.0 Å². The summed E-state index contributed by atoms with van der Waals surface area (Å²) in [6.07, 6.45) is 1.49. The third kappa shape index (κ3) is 3.28. The van der Waals surface area contributed by atoms with Crippen molar-refractivity contribution < 1.29 is 17.9 Å². The molecule has 19 heavy (non-hydrogen) atoms. The Bertz CT molecular complexity index is 369. The van der Waals surface area contributed by atoms with Gasteiger partial charge in [-0.25, -0.2) is 0 Å². The smallest absolute Gasteiger partial charge is 0.281 e. The van der Waals surface area contributed by atoms with Crippen molar-refractivity contribution in [3.8, 4) is 0 Å². The largest absolute Gasteiger partial charge is 0.350 e. The Morgan fingerprint density at radius 2 is 1.63 bits per heavy atom. The van der Waals surface area contributed by atoms with Crippen LogP contribution in [0.25, 0.3) is 0 Å². The molecule has 0 unspecified atom stereocenters. The van der Waals surface area contributed by atoms with Crippen molar-refractivity contribution in [2.45, 2.75) is 33.0 Å². The van der Waals surface area contributed by atoms with Gasteiger partial charge in [0.25, 0.3) is 10.2 Å². The van der Waals surface area contributed by atoms with Crippen LogP contribution in [0.3, 0.4) is 0 Å². The first-order valence-electron chi connectivity index (χ1n) is 7.08. The maximum absolute atomic E-state index is 12.4. The van der Waals surface area contributed by atoms with Crippen LogP contribution in [0.15, 0.2) is 0 Å². The van der Waals surface area contributed by atoms with Crippen LogP contribution in [-0.2, 0) is 19.7 Å². The van der Waals surface area contributed by atoms with Crippen molar-refractivity contribution >= 4 is 10.2 Å². The molecular formula is C12H24N2O4S. The summed E-state index contributed by atoms with van der Waals surface area (Å²) >= 11 is 0. The van der Waals surface area contributed by atoms with Gasteiger partial charge in [-0.1, -0.05) is 13.8 Å². The van der Waals surface area contributed by atoms with Gasteiger partial charge in [0.15, 0.2) is 6.29 Å². The number of hydrogen-bond donors (Lipinski definition) is 0. The summed E-state index contributed by atoms with van der Waals surface area (Å²) in [6, 6.07) is 0. The molecule has 0 amide bonds. The fraction of sp³-hybridized carbons (Fsp3) is 1.00. The fourth-order valence-electron chi connectivity index (χ4n) is 2.74. The first-order valence-corrected chi connectivity index (χ1v) is 8.47. The topological polar surface area (TPSA) is 59.1 Å². The van der Waals surface area contributed by atoms with Gasteiger partial charge in [-0.3, -0.25) is 0 Å². The third-order valence-electron chi connectivity index (χ3n) is 3.89. The molecule has 2 aliphatic heterocycles. The highest BCUT2D eigenvalue weighted by Crippen LogP contribution is 2.27. The molecule has 7 heteroatoms. The van der Waals surface area contributed by atoms with Crippen LogP contribution in [0.2, 0.25) is 0 Å². The average Bonchev–Trinajstić information content (AvgIpc) is 2.94. The Balaban J connectivity index is 1.91. The van der Waals surface area contributed by atoms with Gasteiger partial charge in [-0.05, 0) is 12.8 Å². The summed E-state index contributed by atoms with van der Waals surface area (Å²) in [4.78, 5) is 0. The molecule has 0 spiro atoms. The molecule has 0 aromatic heterocycles. The molecule has 0 saturated carbocycles. The first kappa shape index (κ1) is 15.2. The average molecular weight is 292 g/mol. The molecule has 0 radical (unpaired) electrons. The monoisotopic (exact) mass is 292 g/mol. The highest BCUT2D eigenvalue weighted by atomic mass is 32.2. The lowest BCUT2D eigenvalue weighted by Gasteiger charge is -2.35. The Kier molecular flexibility index (Phi) is 5.19. The Morgan fingerprint density at radius 3 is 2.11 bits per heavy atom. The molecule has 2 aliphatic rings. The number of piperidine rings is 1. The van der Waals surface area contributed by atoms with E-state index in [1.165, 1.54) is 4.31 Å². The standard InChI is InChI=1S/C12H24N2O4S/c1-3-13(4-2)19(15,16)14-7-5-11(6-8-14)12-17-9-10-18-12/h11-12H,3-10H2,1-2H3. The SMILES string of the molecule is CCN(CC)S(=O)(=O)N1CCC(C2OCCO2)CC1. The zero-order chi connectivity index (χ0) is 13.9. The highest BCUT2D eigenvalue weighted by molar-refractivity contribution is 7.86. The van der Waals surface area contributed by atoms with Gasteiger partial charge in [0.1, 0.15) is 0 Å². The fourth-order valence-corrected chi connectivity index (χ4v) is 4.39. The molecule has 0 aliphatic carbocycles. The van der Waals surface area contributed by atoms with Crippen LogP contribution in [0, 0.1) is 5.92 Å². The Morgan fingerprint density at radius 1 is 1.11 bits per heavy atom. The second-order valence-electron chi connectivity index (χ2n) is 4.94. The molecule has 0 N–H and O–H groups in total. The lowest BCUT2D eigenvalue weighted by atomic mass is 9.98. The lowest BCUT2D eigenvalue weighted by Crippen LogP contribution is -2.48. The second kappa shape index (κ2) is 6.49. The van der Waals surface area contributed by atoms with Gasteiger partial charge in [0, 0.05) is 32.1 Å². The normalized spacial score (nSPS) is 24.4. The number of nitrogens with zero attached hydrogens (tertiary/aromatic N) is 2. The lowest BCUT2D eigenvalue weighted by molar-refractivity contribution is -0.0939. The second-order valence-corrected chi connectivity index (χ2v) is 6.87. The molecule has 6 nitrogen and oxygen atoms in total. The van der Waals surface area contributed by atoms with E-state index in [0.29, 0.717) is 45.3 Å². The van der Waals surface area contributed by atoms with Crippen LogP contribution >= 0.6 is 0 Å².